The van der Waals surface area contributed by atoms with E-state index < -0.39 is 0 Å². The van der Waals surface area contributed by atoms with Crippen LogP contribution in [0.15, 0.2) is 0 Å². The number of aliphatic hydroxyl groups excluding tert-OH is 1. The van der Waals surface area contributed by atoms with Crippen molar-refractivity contribution in [3.63, 3.8) is 0 Å². The van der Waals surface area contributed by atoms with Crippen LogP contribution >= 0.6 is 12.2 Å². The maximum absolute atomic E-state index is 8.76. The SMILES string of the molecule is CN(C)CCN(C)CC(O)=S. The smallest absolute Gasteiger partial charge is 0.170 e. The Kier molecular flexibility index (Phi) is 5.36. The fourth-order valence-electron chi connectivity index (χ4n) is 0.681. The highest BCUT2D eigenvalue weighted by Gasteiger charge is 2.00. The first-order valence-corrected chi connectivity index (χ1v) is 3.98. The van der Waals surface area contributed by atoms with Gasteiger partial charge in [-0.05, 0) is 33.4 Å². The second-order valence-electron chi connectivity index (χ2n) is 2.93. The van der Waals surface area contributed by atoms with Crippen LogP contribution in [0.4, 0.5) is 0 Å². The number of likely N-dealkylation sites (N-methyl/N-ethyl adjacent to an activating group) is 2. The van der Waals surface area contributed by atoms with Gasteiger partial charge in [0.1, 0.15) is 0 Å². The average molecular weight is 176 g/mol. The van der Waals surface area contributed by atoms with Crippen LogP contribution < -0.4 is 0 Å². The summed E-state index contributed by atoms with van der Waals surface area (Å²) >= 11 is 4.55. The van der Waals surface area contributed by atoms with E-state index in [9.17, 15) is 0 Å². The molecule has 1 N–H and O–H groups in total. The molecule has 0 fully saturated rings. The Bertz CT molecular complexity index is 128. The first kappa shape index (κ1) is 10.8. The van der Waals surface area contributed by atoms with Crippen LogP contribution in [0.3, 0.4) is 0 Å². The summed E-state index contributed by atoms with van der Waals surface area (Å²) in [4.78, 5) is 4.08. The second-order valence-corrected chi connectivity index (χ2v) is 3.41. The Morgan fingerprint density at radius 3 is 2.18 bits per heavy atom. The van der Waals surface area contributed by atoms with Gasteiger partial charge < -0.3 is 10.0 Å². The Balaban J connectivity index is 3.37. The molecule has 0 saturated heterocycles. The van der Waals surface area contributed by atoms with Crippen LogP contribution in [0.2, 0.25) is 0 Å². The molecule has 0 aliphatic carbocycles. The largest absolute Gasteiger partial charge is 0.501 e. The summed E-state index contributed by atoms with van der Waals surface area (Å²) in [6.45, 7) is 2.40. The van der Waals surface area contributed by atoms with Crippen molar-refractivity contribution in [2.24, 2.45) is 0 Å². The highest BCUT2D eigenvalue weighted by atomic mass is 32.1. The summed E-state index contributed by atoms with van der Waals surface area (Å²) in [5, 5.41) is 8.83. The second kappa shape index (κ2) is 5.46. The molecule has 0 spiro atoms. The van der Waals surface area contributed by atoms with E-state index in [4.69, 9.17) is 5.11 Å². The third kappa shape index (κ3) is 7.71. The molecule has 66 valence electrons. The lowest BCUT2D eigenvalue weighted by molar-refractivity contribution is 0.299. The fraction of sp³-hybridized carbons (Fsp3) is 0.857. The van der Waals surface area contributed by atoms with Gasteiger partial charge in [-0.3, -0.25) is 4.90 Å². The van der Waals surface area contributed by atoms with Crippen LogP contribution in [0.5, 0.6) is 0 Å². The lowest BCUT2D eigenvalue weighted by Gasteiger charge is -2.17. The van der Waals surface area contributed by atoms with Gasteiger partial charge in [0, 0.05) is 13.1 Å². The normalized spacial score (nSPS) is 11.0. The monoisotopic (exact) mass is 176 g/mol. The van der Waals surface area contributed by atoms with Gasteiger partial charge in [0.05, 0.1) is 6.54 Å². The molecule has 0 unspecified atom stereocenters. The minimum absolute atomic E-state index is 0.0613. The third-order valence-corrected chi connectivity index (χ3v) is 1.46. The minimum Gasteiger partial charge on any atom is -0.501 e. The maximum atomic E-state index is 8.76. The van der Waals surface area contributed by atoms with Gasteiger partial charge in [-0.1, -0.05) is 0 Å². The molecule has 4 heteroatoms. The summed E-state index contributed by atoms with van der Waals surface area (Å²) in [5.41, 5.74) is 0. The van der Waals surface area contributed by atoms with Crippen molar-refractivity contribution in [3.8, 4) is 0 Å². The Morgan fingerprint density at radius 2 is 1.82 bits per heavy atom. The van der Waals surface area contributed by atoms with E-state index in [-0.39, 0.29) is 5.05 Å². The zero-order valence-corrected chi connectivity index (χ0v) is 8.19. The van der Waals surface area contributed by atoms with Crippen molar-refractivity contribution in [3.05, 3.63) is 0 Å². The van der Waals surface area contributed by atoms with E-state index in [1.165, 1.54) is 0 Å². The van der Waals surface area contributed by atoms with Gasteiger partial charge >= 0.3 is 0 Å². The molecule has 0 aliphatic rings. The van der Waals surface area contributed by atoms with Gasteiger partial charge in [0.25, 0.3) is 0 Å². The molecule has 0 aromatic carbocycles. The van der Waals surface area contributed by atoms with E-state index in [0.29, 0.717) is 6.54 Å². The van der Waals surface area contributed by atoms with Crippen LogP contribution in [0, 0.1) is 0 Å². The molecule has 11 heavy (non-hydrogen) atoms. The lowest BCUT2D eigenvalue weighted by Crippen LogP contribution is -2.31. The molecule has 0 atom stereocenters. The first-order valence-electron chi connectivity index (χ1n) is 3.57. The Labute approximate surface area is 73.6 Å². The fourth-order valence-corrected chi connectivity index (χ4v) is 0.901. The zero-order valence-electron chi connectivity index (χ0n) is 7.37. The molecule has 0 aliphatic heterocycles. The quantitative estimate of drug-likeness (QED) is 0.612. The van der Waals surface area contributed by atoms with Crippen molar-refractivity contribution >= 4 is 17.3 Å². The van der Waals surface area contributed by atoms with E-state index in [1.807, 2.05) is 26.0 Å². The van der Waals surface area contributed by atoms with Crippen LogP contribution in [0.25, 0.3) is 0 Å². The molecule has 3 nitrogen and oxygen atoms in total. The molecule has 0 amide bonds. The summed E-state index contributed by atoms with van der Waals surface area (Å²) in [6, 6.07) is 0. The van der Waals surface area contributed by atoms with Crippen molar-refractivity contribution in [1.29, 1.82) is 0 Å². The van der Waals surface area contributed by atoms with Gasteiger partial charge in [0.2, 0.25) is 0 Å². The topological polar surface area (TPSA) is 26.7 Å². The van der Waals surface area contributed by atoms with Crippen molar-refractivity contribution in [2.45, 2.75) is 0 Å². The first-order chi connectivity index (χ1) is 5.02. The van der Waals surface area contributed by atoms with Crippen LogP contribution in [-0.2, 0) is 0 Å². The summed E-state index contributed by atoms with van der Waals surface area (Å²) < 4.78 is 0. The van der Waals surface area contributed by atoms with Gasteiger partial charge in [-0.2, -0.15) is 0 Å². The van der Waals surface area contributed by atoms with Gasteiger partial charge in [0.15, 0.2) is 5.05 Å². The van der Waals surface area contributed by atoms with Crippen molar-refractivity contribution in [1.82, 2.24) is 9.80 Å². The standard InChI is InChI=1S/C7H16N2OS/c1-8(2)4-5-9(3)6-7(10)11/h4-6H2,1-3H3,(H,10,11). The molecule has 0 bridgehead atoms. The van der Waals surface area contributed by atoms with Gasteiger partial charge in [-0.25, -0.2) is 0 Å². The molecule has 0 saturated carbocycles. The number of aliphatic hydroxyl groups is 1. The lowest BCUT2D eigenvalue weighted by atomic mass is 10.5. The minimum atomic E-state index is 0.0613. The molecular formula is C7H16N2OS. The number of hydrogen-bond donors (Lipinski definition) is 1. The molecule has 0 aromatic heterocycles. The molecule has 0 aromatic rings. The highest BCUT2D eigenvalue weighted by molar-refractivity contribution is 7.80. The van der Waals surface area contributed by atoms with Crippen molar-refractivity contribution < 1.29 is 5.11 Å². The molecule has 0 heterocycles. The predicted octanol–water partition coefficient (Wildman–Crippen LogP) is 0.365. The predicted molar refractivity (Wildman–Crippen MR) is 51.3 cm³/mol. The number of thiocarbonyl (C=S) groups is 1. The van der Waals surface area contributed by atoms with Gasteiger partial charge in [-0.15, -0.1) is 0 Å². The third-order valence-electron chi connectivity index (χ3n) is 1.33. The number of hydrogen-bond acceptors (Lipinski definition) is 3. The van der Waals surface area contributed by atoms with Crippen LogP contribution in [-0.4, -0.2) is 60.7 Å². The summed E-state index contributed by atoms with van der Waals surface area (Å²) in [5.74, 6) is 0. The highest BCUT2D eigenvalue weighted by Crippen LogP contribution is 1.84. The Hall–Kier alpha value is -0.190. The van der Waals surface area contributed by atoms with Crippen LogP contribution in [0.1, 0.15) is 0 Å². The van der Waals surface area contributed by atoms with E-state index >= 15 is 0 Å². The number of rotatable bonds is 5. The van der Waals surface area contributed by atoms with Crippen molar-refractivity contribution in [2.75, 3.05) is 40.8 Å². The van der Waals surface area contributed by atoms with E-state index in [0.717, 1.165) is 13.1 Å². The summed E-state index contributed by atoms with van der Waals surface area (Å²) in [6.07, 6.45) is 0. The Morgan fingerprint density at radius 1 is 1.27 bits per heavy atom. The molecule has 0 radical (unpaired) electrons. The summed E-state index contributed by atoms with van der Waals surface area (Å²) in [7, 11) is 5.97. The molecule has 0 rings (SSSR count). The average Bonchev–Trinajstić information content (AvgIpc) is 1.82. The maximum Gasteiger partial charge on any atom is 0.170 e. The molecular weight excluding hydrogens is 160 g/mol. The number of nitrogens with zero attached hydrogens (tertiary/aromatic N) is 2. The van der Waals surface area contributed by atoms with E-state index in [1.54, 1.807) is 0 Å². The van der Waals surface area contributed by atoms with E-state index in [2.05, 4.69) is 17.1 Å². The zero-order chi connectivity index (χ0) is 8.85.